The van der Waals surface area contributed by atoms with Gasteiger partial charge in [-0.1, -0.05) is 42.5 Å². The minimum Gasteiger partial charge on any atom is -0.497 e. The van der Waals surface area contributed by atoms with Crippen molar-refractivity contribution in [3.63, 3.8) is 0 Å². The zero-order chi connectivity index (χ0) is 24.2. The third-order valence-corrected chi connectivity index (χ3v) is 6.92. The summed E-state index contributed by atoms with van der Waals surface area (Å²) >= 11 is 1.56. The number of hydrogen-bond acceptors (Lipinski definition) is 6. The van der Waals surface area contributed by atoms with E-state index in [9.17, 15) is 4.79 Å². The average Bonchev–Trinajstić information content (AvgIpc) is 3.26. The lowest BCUT2D eigenvalue weighted by atomic mass is 10.0. The van der Waals surface area contributed by atoms with Gasteiger partial charge in [0.1, 0.15) is 17.4 Å². The molecule has 0 saturated carbocycles. The Hall–Kier alpha value is -3.84. The molecule has 4 aromatic rings. The highest BCUT2D eigenvalue weighted by molar-refractivity contribution is 7.13. The zero-order valence-corrected chi connectivity index (χ0v) is 20.5. The van der Waals surface area contributed by atoms with Crippen molar-refractivity contribution in [1.29, 1.82) is 0 Å². The Kier molecular flexibility index (Phi) is 6.68. The van der Waals surface area contributed by atoms with Crippen molar-refractivity contribution in [2.75, 3.05) is 27.4 Å². The van der Waals surface area contributed by atoms with E-state index in [0.29, 0.717) is 31.2 Å². The highest BCUT2D eigenvalue weighted by Gasteiger charge is 2.24. The summed E-state index contributed by atoms with van der Waals surface area (Å²) in [7, 11) is 3.29. The smallest absolute Gasteiger partial charge is 0.229 e. The number of methoxy groups -OCH3 is 2. The summed E-state index contributed by atoms with van der Waals surface area (Å²) in [4.78, 5) is 19.8. The van der Waals surface area contributed by atoms with E-state index in [4.69, 9.17) is 14.2 Å². The molecule has 7 heteroatoms. The third kappa shape index (κ3) is 5.00. The summed E-state index contributed by atoms with van der Waals surface area (Å²) in [5.41, 5.74) is 4.74. The number of thiazole rings is 1. The summed E-state index contributed by atoms with van der Waals surface area (Å²) in [6.45, 7) is 1.35. The van der Waals surface area contributed by atoms with Gasteiger partial charge < -0.3 is 19.1 Å². The molecule has 5 rings (SSSR count). The van der Waals surface area contributed by atoms with Gasteiger partial charge in [-0.25, -0.2) is 4.98 Å². The first-order valence-electron chi connectivity index (χ1n) is 11.4. The molecule has 0 bridgehead atoms. The van der Waals surface area contributed by atoms with E-state index in [1.807, 2.05) is 70.9 Å². The largest absolute Gasteiger partial charge is 0.497 e. The van der Waals surface area contributed by atoms with Crippen molar-refractivity contribution in [3.05, 3.63) is 83.4 Å². The first-order valence-corrected chi connectivity index (χ1v) is 12.3. The molecule has 1 amide bonds. The minimum atomic E-state index is 0.0251. The molecule has 1 aliphatic rings. The van der Waals surface area contributed by atoms with E-state index in [-0.39, 0.29) is 12.3 Å². The number of benzene rings is 3. The molecule has 0 atom stereocenters. The van der Waals surface area contributed by atoms with E-state index in [1.165, 1.54) is 0 Å². The number of ether oxygens (including phenoxy) is 3. The van der Waals surface area contributed by atoms with Crippen molar-refractivity contribution in [3.8, 4) is 38.9 Å². The van der Waals surface area contributed by atoms with E-state index >= 15 is 0 Å². The Morgan fingerprint density at radius 2 is 1.83 bits per heavy atom. The molecule has 3 aromatic carbocycles. The second-order valence-electron chi connectivity index (χ2n) is 8.25. The van der Waals surface area contributed by atoms with Crippen molar-refractivity contribution in [2.24, 2.45) is 0 Å². The molecular formula is C28H26N2O4S. The van der Waals surface area contributed by atoms with Crippen LogP contribution in [0, 0.1) is 0 Å². The van der Waals surface area contributed by atoms with Crippen molar-refractivity contribution in [2.45, 2.75) is 13.0 Å². The van der Waals surface area contributed by atoms with Gasteiger partial charge >= 0.3 is 0 Å². The fraction of sp³-hybridized carbons (Fsp3) is 0.214. The Morgan fingerprint density at radius 3 is 2.63 bits per heavy atom. The van der Waals surface area contributed by atoms with Crippen molar-refractivity contribution >= 4 is 17.2 Å². The number of amides is 1. The molecule has 0 spiro atoms. The first-order chi connectivity index (χ1) is 17.1. The second kappa shape index (κ2) is 10.2. The van der Waals surface area contributed by atoms with Crippen LogP contribution in [-0.2, 0) is 17.8 Å². The van der Waals surface area contributed by atoms with Gasteiger partial charge in [-0.15, -0.1) is 11.3 Å². The van der Waals surface area contributed by atoms with Gasteiger partial charge in [0.15, 0.2) is 11.5 Å². The Morgan fingerprint density at radius 1 is 1.00 bits per heavy atom. The minimum absolute atomic E-state index is 0.0251. The molecule has 35 heavy (non-hydrogen) atoms. The number of rotatable bonds is 6. The molecule has 178 valence electrons. The second-order valence-corrected chi connectivity index (χ2v) is 9.11. The molecule has 0 aliphatic carbocycles. The number of aromatic nitrogens is 1. The van der Waals surface area contributed by atoms with E-state index in [2.05, 4.69) is 11.1 Å². The van der Waals surface area contributed by atoms with Crippen LogP contribution in [-0.4, -0.2) is 43.2 Å². The molecular weight excluding hydrogens is 460 g/mol. The first kappa shape index (κ1) is 22.9. The highest BCUT2D eigenvalue weighted by Crippen LogP contribution is 2.39. The third-order valence-electron chi connectivity index (χ3n) is 5.98. The zero-order valence-electron chi connectivity index (χ0n) is 19.7. The highest BCUT2D eigenvalue weighted by atomic mass is 32.1. The Balaban J connectivity index is 1.38. The lowest BCUT2D eigenvalue weighted by molar-refractivity contribution is -0.131. The predicted molar refractivity (Wildman–Crippen MR) is 137 cm³/mol. The van der Waals surface area contributed by atoms with Crippen LogP contribution in [0.2, 0.25) is 0 Å². The van der Waals surface area contributed by atoms with Gasteiger partial charge in [0, 0.05) is 23.1 Å². The number of fused-ring (bicyclic) bond motifs is 1. The van der Waals surface area contributed by atoms with Crippen LogP contribution in [0.4, 0.5) is 0 Å². The van der Waals surface area contributed by atoms with E-state index < -0.39 is 0 Å². The van der Waals surface area contributed by atoms with Crippen LogP contribution in [0.25, 0.3) is 21.7 Å². The molecule has 0 radical (unpaired) electrons. The normalized spacial score (nSPS) is 12.9. The predicted octanol–water partition coefficient (Wildman–Crippen LogP) is 5.46. The number of nitrogens with zero attached hydrogens (tertiary/aromatic N) is 2. The molecule has 2 heterocycles. The van der Waals surface area contributed by atoms with Crippen LogP contribution in [0.5, 0.6) is 17.2 Å². The van der Waals surface area contributed by atoms with Crippen molar-refractivity contribution < 1.29 is 19.0 Å². The van der Waals surface area contributed by atoms with Crippen LogP contribution in [0.3, 0.4) is 0 Å². The van der Waals surface area contributed by atoms with Gasteiger partial charge in [0.05, 0.1) is 32.9 Å². The average molecular weight is 487 g/mol. The molecule has 1 aliphatic heterocycles. The van der Waals surface area contributed by atoms with Crippen molar-refractivity contribution in [1.82, 2.24) is 9.88 Å². The molecule has 0 N–H and O–H groups in total. The lowest BCUT2D eigenvalue weighted by Crippen LogP contribution is -2.33. The van der Waals surface area contributed by atoms with E-state index in [0.717, 1.165) is 38.7 Å². The molecule has 6 nitrogen and oxygen atoms in total. The van der Waals surface area contributed by atoms with Crippen LogP contribution in [0.15, 0.2) is 72.1 Å². The monoisotopic (exact) mass is 486 g/mol. The number of carbonyl (C=O) groups is 1. The fourth-order valence-electron chi connectivity index (χ4n) is 4.19. The summed E-state index contributed by atoms with van der Waals surface area (Å²) in [5.74, 6) is 2.15. The van der Waals surface area contributed by atoms with Gasteiger partial charge in [0.2, 0.25) is 5.91 Å². The van der Waals surface area contributed by atoms with E-state index in [1.54, 1.807) is 25.6 Å². The topological polar surface area (TPSA) is 60.9 Å². The fourth-order valence-corrected chi connectivity index (χ4v) is 5.01. The van der Waals surface area contributed by atoms with Gasteiger partial charge in [-0.2, -0.15) is 0 Å². The van der Waals surface area contributed by atoms with Crippen LogP contribution >= 0.6 is 11.3 Å². The Labute approximate surface area is 208 Å². The molecule has 0 unspecified atom stereocenters. The van der Waals surface area contributed by atoms with Gasteiger partial charge in [0.25, 0.3) is 0 Å². The number of hydrogen-bond donors (Lipinski definition) is 0. The van der Waals surface area contributed by atoms with Crippen LogP contribution < -0.4 is 14.2 Å². The number of carbonyl (C=O) groups excluding carboxylic acids is 1. The van der Waals surface area contributed by atoms with Crippen LogP contribution in [0.1, 0.15) is 11.3 Å². The maximum absolute atomic E-state index is 13.3. The van der Waals surface area contributed by atoms with Gasteiger partial charge in [-0.05, 0) is 35.4 Å². The molecule has 0 fully saturated rings. The Bertz CT molecular complexity index is 1340. The SMILES string of the molecule is COc1cccc(-c2cc3c(c(OC)c2)OCCN(C(=O)Cc2csc(-c4ccccc4)n2)C3)c1. The molecule has 1 aromatic heterocycles. The maximum Gasteiger partial charge on any atom is 0.229 e. The maximum atomic E-state index is 13.3. The quantitative estimate of drug-likeness (QED) is 0.362. The van der Waals surface area contributed by atoms with Gasteiger partial charge in [-0.3, -0.25) is 4.79 Å². The summed E-state index contributed by atoms with van der Waals surface area (Å²) in [6, 6.07) is 21.9. The standard InChI is InChI=1S/C28H26N2O4S/c1-32-24-10-6-9-20(14-24)21-13-22-17-30(11-12-34-27(22)25(15-21)33-2)26(31)16-23-18-35-28(29-23)19-7-4-3-5-8-19/h3-10,13-15,18H,11-12,16-17H2,1-2H3. The summed E-state index contributed by atoms with van der Waals surface area (Å²) in [6.07, 6.45) is 0.255. The summed E-state index contributed by atoms with van der Waals surface area (Å²) in [5, 5.41) is 2.89. The lowest BCUT2D eigenvalue weighted by Gasteiger charge is -2.20. The summed E-state index contributed by atoms with van der Waals surface area (Å²) < 4.78 is 17.1. The molecule has 0 saturated heterocycles.